The third-order valence-electron chi connectivity index (χ3n) is 3.88. The minimum atomic E-state index is -3.44. The van der Waals surface area contributed by atoms with Crippen LogP contribution in [0.5, 0.6) is 0 Å². The maximum absolute atomic E-state index is 12.8. The second-order valence-corrected chi connectivity index (χ2v) is 8.24. The molecule has 0 bridgehead atoms. The summed E-state index contributed by atoms with van der Waals surface area (Å²) >= 11 is 3.33. The van der Waals surface area contributed by atoms with E-state index in [0.717, 1.165) is 23.3 Å². The maximum Gasteiger partial charge on any atom is 0.243 e. The van der Waals surface area contributed by atoms with E-state index in [4.69, 9.17) is 0 Å². The Balaban J connectivity index is 1.76. The van der Waals surface area contributed by atoms with Crippen LogP contribution < -0.4 is 4.90 Å². The van der Waals surface area contributed by atoms with Gasteiger partial charge in [-0.2, -0.15) is 4.31 Å². The molecule has 2 aromatic rings. The summed E-state index contributed by atoms with van der Waals surface area (Å²) < 4.78 is 28.0. The van der Waals surface area contributed by atoms with Gasteiger partial charge in [-0.3, -0.25) is 0 Å². The van der Waals surface area contributed by atoms with Gasteiger partial charge in [0.25, 0.3) is 0 Å². The largest absolute Gasteiger partial charge is 0.355 e. The SMILES string of the molecule is O=S(=O)(c1ccc(Br)cc1)N1CCCN(c2ccccn2)CC1. The molecule has 7 heteroatoms. The summed E-state index contributed by atoms with van der Waals surface area (Å²) in [5.41, 5.74) is 0. The zero-order valence-corrected chi connectivity index (χ0v) is 15.0. The van der Waals surface area contributed by atoms with Gasteiger partial charge in [-0.05, 0) is 42.8 Å². The van der Waals surface area contributed by atoms with E-state index >= 15 is 0 Å². The normalized spacial score (nSPS) is 17.0. The van der Waals surface area contributed by atoms with E-state index in [1.807, 2.05) is 18.2 Å². The van der Waals surface area contributed by atoms with Crippen molar-refractivity contribution in [3.8, 4) is 0 Å². The third-order valence-corrected chi connectivity index (χ3v) is 6.32. The molecule has 23 heavy (non-hydrogen) atoms. The fraction of sp³-hybridized carbons (Fsp3) is 0.312. The van der Waals surface area contributed by atoms with Crippen LogP contribution in [0.1, 0.15) is 6.42 Å². The molecular weight excluding hydrogens is 378 g/mol. The number of hydrogen-bond donors (Lipinski definition) is 0. The highest BCUT2D eigenvalue weighted by Crippen LogP contribution is 2.21. The molecule has 2 heterocycles. The molecule has 1 aromatic carbocycles. The minimum Gasteiger partial charge on any atom is -0.355 e. The first-order valence-electron chi connectivity index (χ1n) is 7.49. The molecule has 0 aliphatic carbocycles. The number of sulfonamides is 1. The summed E-state index contributed by atoms with van der Waals surface area (Å²) in [4.78, 5) is 6.83. The van der Waals surface area contributed by atoms with Gasteiger partial charge >= 0.3 is 0 Å². The maximum atomic E-state index is 12.8. The second kappa shape index (κ2) is 6.98. The van der Waals surface area contributed by atoms with E-state index in [9.17, 15) is 8.42 Å². The van der Waals surface area contributed by atoms with E-state index in [-0.39, 0.29) is 0 Å². The molecule has 0 atom stereocenters. The van der Waals surface area contributed by atoms with Gasteiger partial charge in [0.1, 0.15) is 5.82 Å². The van der Waals surface area contributed by atoms with Crippen LogP contribution in [0.15, 0.2) is 58.0 Å². The molecule has 0 amide bonds. The average molecular weight is 396 g/mol. The highest BCUT2D eigenvalue weighted by molar-refractivity contribution is 9.10. The molecule has 1 aromatic heterocycles. The van der Waals surface area contributed by atoms with Crippen molar-refractivity contribution in [2.75, 3.05) is 31.1 Å². The van der Waals surface area contributed by atoms with Crippen LogP contribution in [0.3, 0.4) is 0 Å². The number of hydrogen-bond acceptors (Lipinski definition) is 4. The molecular formula is C16H18BrN3O2S. The fourth-order valence-corrected chi connectivity index (χ4v) is 4.39. The summed E-state index contributed by atoms with van der Waals surface area (Å²) in [6, 6.07) is 12.6. The molecule has 122 valence electrons. The Hall–Kier alpha value is -1.44. The molecule has 0 unspecified atom stereocenters. The molecule has 1 saturated heterocycles. The van der Waals surface area contributed by atoms with Crippen LogP contribution in [-0.4, -0.2) is 43.9 Å². The van der Waals surface area contributed by atoms with Crippen LogP contribution in [0.2, 0.25) is 0 Å². The standard InChI is InChI=1S/C16H18BrN3O2S/c17-14-5-7-15(8-6-14)23(21,22)20-11-3-10-19(12-13-20)16-4-1-2-9-18-16/h1-2,4-9H,3,10-13H2. The Bertz CT molecular complexity index is 751. The number of halogens is 1. The lowest BCUT2D eigenvalue weighted by atomic mass is 10.3. The monoisotopic (exact) mass is 395 g/mol. The minimum absolute atomic E-state index is 0.340. The van der Waals surface area contributed by atoms with Crippen molar-refractivity contribution in [1.29, 1.82) is 0 Å². The van der Waals surface area contributed by atoms with Gasteiger partial charge in [0.05, 0.1) is 4.90 Å². The highest BCUT2D eigenvalue weighted by Gasteiger charge is 2.27. The summed E-state index contributed by atoms with van der Waals surface area (Å²) in [5.74, 6) is 0.899. The number of rotatable bonds is 3. The van der Waals surface area contributed by atoms with E-state index in [1.165, 1.54) is 0 Å². The van der Waals surface area contributed by atoms with Crippen molar-refractivity contribution in [2.24, 2.45) is 0 Å². The Labute approximate surface area is 145 Å². The van der Waals surface area contributed by atoms with Gasteiger partial charge in [0.2, 0.25) is 10.0 Å². The lowest BCUT2D eigenvalue weighted by Crippen LogP contribution is -2.35. The Morgan fingerprint density at radius 2 is 1.74 bits per heavy atom. The Kier molecular flexibility index (Phi) is 4.99. The molecule has 0 spiro atoms. The topological polar surface area (TPSA) is 53.5 Å². The van der Waals surface area contributed by atoms with Crippen LogP contribution in [0.25, 0.3) is 0 Å². The lowest BCUT2D eigenvalue weighted by Gasteiger charge is -2.22. The predicted molar refractivity (Wildman–Crippen MR) is 94.0 cm³/mol. The number of nitrogens with zero attached hydrogens (tertiary/aromatic N) is 3. The zero-order chi connectivity index (χ0) is 16.3. The predicted octanol–water partition coefficient (Wildman–Crippen LogP) is 2.75. The van der Waals surface area contributed by atoms with Crippen molar-refractivity contribution in [1.82, 2.24) is 9.29 Å². The number of anilines is 1. The van der Waals surface area contributed by atoms with Crippen molar-refractivity contribution < 1.29 is 8.42 Å². The van der Waals surface area contributed by atoms with Crippen LogP contribution in [0, 0.1) is 0 Å². The van der Waals surface area contributed by atoms with Gasteiger partial charge in [0, 0.05) is 36.8 Å². The highest BCUT2D eigenvalue weighted by atomic mass is 79.9. The van der Waals surface area contributed by atoms with Crippen molar-refractivity contribution >= 4 is 31.8 Å². The van der Waals surface area contributed by atoms with E-state index < -0.39 is 10.0 Å². The number of benzene rings is 1. The fourth-order valence-electron chi connectivity index (χ4n) is 2.66. The molecule has 5 nitrogen and oxygen atoms in total. The van der Waals surface area contributed by atoms with Gasteiger partial charge in [-0.15, -0.1) is 0 Å². The van der Waals surface area contributed by atoms with Crippen LogP contribution >= 0.6 is 15.9 Å². The zero-order valence-electron chi connectivity index (χ0n) is 12.6. The van der Waals surface area contributed by atoms with Crippen LogP contribution in [0.4, 0.5) is 5.82 Å². The van der Waals surface area contributed by atoms with Gasteiger partial charge < -0.3 is 4.90 Å². The van der Waals surface area contributed by atoms with Gasteiger partial charge in [-0.1, -0.05) is 22.0 Å². The molecule has 1 fully saturated rings. The summed E-state index contributed by atoms with van der Waals surface area (Å²) in [5, 5.41) is 0. The van der Waals surface area contributed by atoms with Gasteiger partial charge in [0.15, 0.2) is 0 Å². The molecule has 1 aliphatic rings. The molecule has 0 saturated carbocycles. The van der Waals surface area contributed by atoms with Crippen molar-refractivity contribution in [2.45, 2.75) is 11.3 Å². The first-order valence-corrected chi connectivity index (χ1v) is 9.72. The lowest BCUT2D eigenvalue weighted by molar-refractivity contribution is 0.433. The van der Waals surface area contributed by atoms with E-state index in [1.54, 1.807) is 34.8 Å². The molecule has 0 radical (unpaired) electrons. The first kappa shape index (κ1) is 16.4. The smallest absolute Gasteiger partial charge is 0.243 e. The Morgan fingerprint density at radius 3 is 2.43 bits per heavy atom. The average Bonchev–Trinajstić information content (AvgIpc) is 2.83. The molecule has 0 N–H and O–H groups in total. The van der Waals surface area contributed by atoms with Crippen molar-refractivity contribution in [3.63, 3.8) is 0 Å². The number of pyridine rings is 1. The number of aromatic nitrogens is 1. The van der Waals surface area contributed by atoms with Crippen molar-refractivity contribution in [3.05, 3.63) is 53.1 Å². The summed E-state index contributed by atoms with van der Waals surface area (Å²) in [6.45, 7) is 2.45. The third kappa shape index (κ3) is 3.73. The molecule has 1 aliphatic heterocycles. The summed E-state index contributed by atoms with van der Waals surface area (Å²) in [7, 11) is -3.44. The quantitative estimate of drug-likeness (QED) is 0.801. The van der Waals surface area contributed by atoms with E-state index in [2.05, 4.69) is 25.8 Å². The molecule has 3 rings (SSSR count). The first-order chi connectivity index (χ1) is 11.1. The van der Waals surface area contributed by atoms with Gasteiger partial charge in [-0.25, -0.2) is 13.4 Å². The Morgan fingerprint density at radius 1 is 0.957 bits per heavy atom. The van der Waals surface area contributed by atoms with E-state index in [0.29, 0.717) is 24.5 Å². The van der Waals surface area contributed by atoms with Crippen LogP contribution in [-0.2, 0) is 10.0 Å². The second-order valence-electron chi connectivity index (χ2n) is 5.39. The summed E-state index contributed by atoms with van der Waals surface area (Å²) in [6.07, 6.45) is 2.54.